The van der Waals surface area contributed by atoms with E-state index in [-0.39, 0.29) is 0 Å². The number of benzene rings is 1. The molecule has 0 radical (unpaired) electrons. The molecule has 0 bridgehead atoms. The second-order valence-corrected chi connectivity index (χ2v) is 4.84. The van der Waals surface area contributed by atoms with Gasteiger partial charge in [0.15, 0.2) is 0 Å². The summed E-state index contributed by atoms with van der Waals surface area (Å²) in [5, 5.41) is 10.3. The molecule has 0 spiro atoms. The second kappa shape index (κ2) is 3.30. The summed E-state index contributed by atoms with van der Waals surface area (Å²) in [5.74, 6) is 0. The Kier molecular flexibility index (Phi) is 2.29. The third-order valence-corrected chi connectivity index (χ3v) is 3.76. The maximum atomic E-state index is 8.75. The first-order valence-corrected chi connectivity index (χ1v) is 5.49. The Morgan fingerprint density at radius 3 is 2.92 bits per heavy atom. The van der Waals surface area contributed by atoms with Crippen molar-refractivity contribution >= 4 is 49.0 Å². The van der Waals surface area contributed by atoms with Crippen LogP contribution < -0.4 is 0 Å². The lowest BCUT2D eigenvalue weighted by molar-refractivity contribution is 1.52. The number of nitriles is 1. The van der Waals surface area contributed by atoms with Crippen LogP contribution in [0.3, 0.4) is 0 Å². The molecule has 0 aliphatic rings. The first-order chi connectivity index (χ1) is 6.22. The molecule has 0 atom stereocenters. The first-order valence-electron chi connectivity index (χ1n) is 3.50. The van der Waals surface area contributed by atoms with Crippen molar-refractivity contribution in [3.63, 3.8) is 0 Å². The van der Waals surface area contributed by atoms with Gasteiger partial charge in [-0.3, -0.25) is 0 Å². The SMILES string of the molecule is N#Cc1sc2ccc(Br)cc2c1Cl. The van der Waals surface area contributed by atoms with Crippen LogP contribution in [0.2, 0.25) is 5.02 Å². The minimum Gasteiger partial charge on any atom is -0.191 e. The second-order valence-electron chi connectivity index (χ2n) is 2.50. The number of hydrogen-bond acceptors (Lipinski definition) is 2. The molecule has 4 heteroatoms. The molecule has 1 aromatic carbocycles. The van der Waals surface area contributed by atoms with Crippen LogP contribution in [0.4, 0.5) is 0 Å². The monoisotopic (exact) mass is 271 g/mol. The lowest BCUT2D eigenvalue weighted by Gasteiger charge is -1.90. The zero-order valence-corrected chi connectivity index (χ0v) is 9.50. The van der Waals surface area contributed by atoms with E-state index in [2.05, 4.69) is 22.0 Å². The van der Waals surface area contributed by atoms with Gasteiger partial charge in [-0.15, -0.1) is 11.3 Å². The van der Waals surface area contributed by atoms with E-state index in [1.165, 1.54) is 11.3 Å². The number of rotatable bonds is 0. The standard InChI is InChI=1S/C9H3BrClNS/c10-5-1-2-7-6(3-5)9(11)8(4-12)13-7/h1-3H. The van der Waals surface area contributed by atoms with Crippen molar-refractivity contribution in [2.45, 2.75) is 0 Å². The Labute approximate surface area is 92.7 Å². The van der Waals surface area contributed by atoms with E-state index in [0.29, 0.717) is 9.90 Å². The van der Waals surface area contributed by atoms with E-state index in [0.717, 1.165) is 14.6 Å². The number of halogens is 2. The van der Waals surface area contributed by atoms with Crippen molar-refractivity contribution in [3.05, 3.63) is 32.6 Å². The molecule has 0 unspecified atom stereocenters. The zero-order valence-electron chi connectivity index (χ0n) is 6.34. The van der Waals surface area contributed by atoms with E-state index in [1.54, 1.807) is 0 Å². The fourth-order valence-corrected chi connectivity index (χ4v) is 2.72. The van der Waals surface area contributed by atoms with Gasteiger partial charge in [-0.25, -0.2) is 0 Å². The average molecular weight is 273 g/mol. The number of thiophene rings is 1. The molecule has 0 aliphatic carbocycles. The highest BCUT2D eigenvalue weighted by atomic mass is 79.9. The van der Waals surface area contributed by atoms with Crippen molar-refractivity contribution in [2.75, 3.05) is 0 Å². The van der Waals surface area contributed by atoms with E-state index in [9.17, 15) is 0 Å². The van der Waals surface area contributed by atoms with Gasteiger partial charge in [-0.2, -0.15) is 5.26 Å². The Morgan fingerprint density at radius 2 is 2.23 bits per heavy atom. The molecule has 64 valence electrons. The van der Waals surface area contributed by atoms with Gasteiger partial charge in [-0.1, -0.05) is 27.5 Å². The zero-order chi connectivity index (χ0) is 9.42. The molecule has 0 aliphatic heterocycles. The quantitative estimate of drug-likeness (QED) is 0.705. The van der Waals surface area contributed by atoms with E-state index >= 15 is 0 Å². The van der Waals surface area contributed by atoms with E-state index < -0.39 is 0 Å². The van der Waals surface area contributed by atoms with Crippen LogP contribution in [0.25, 0.3) is 10.1 Å². The maximum Gasteiger partial charge on any atom is 0.124 e. The Morgan fingerprint density at radius 1 is 1.46 bits per heavy atom. The molecule has 0 amide bonds. The number of hydrogen-bond donors (Lipinski definition) is 0. The molecule has 0 saturated heterocycles. The van der Waals surface area contributed by atoms with E-state index in [4.69, 9.17) is 16.9 Å². The van der Waals surface area contributed by atoms with Crippen LogP contribution in [0.1, 0.15) is 4.88 Å². The summed E-state index contributed by atoms with van der Waals surface area (Å²) in [5.41, 5.74) is 0. The molecule has 0 saturated carbocycles. The van der Waals surface area contributed by atoms with Gasteiger partial charge in [0.25, 0.3) is 0 Å². The van der Waals surface area contributed by atoms with Crippen molar-refractivity contribution < 1.29 is 0 Å². The van der Waals surface area contributed by atoms with Gasteiger partial charge in [-0.05, 0) is 18.2 Å². The molecule has 13 heavy (non-hydrogen) atoms. The highest BCUT2D eigenvalue weighted by Gasteiger charge is 2.09. The summed E-state index contributed by atoms with van der Waals surface area (Å²) >= 11 is 10.8. The Balaban J connectivity index is 2.87. The smallest absolute Gasteiger partial charge is 0.124 e. The number of fused-ring (bicyclic) bond motifs is 1. The first kappa shape index (κ1) is 9.01. The lowest BCUT2D eigenvalue weighted by Crippen LogP contribution is -1.66. The van der Waals surface area contributed by atoms with E-state index in [1.807, 2.05) is 18.2 Å². The van der Waals surface area contributed by atoms with Crippen molar-refractivity contribution in [2.24, 2.45) is 0 Å². The van der Waals surface area contributed by atoms with Crippen LogP contribution in [0.15, 0.2) is 22.7 Å². The molecular formula is C9H3BrClNS. The summed E-state index contributed by atoms with van der Waals surface area (Å²) < 4.78 is 2.02. The third kappa shape index (κ3) is 1.46. The van der Waals surface area contributed by atoms with Crippen LogP contribution >= 0.6 is 38.9 Å². The molecule has 0 fully saturated rings. The van der Waals surface area contributed by atoms with Crippen molar-refractivity contribution in [3.8, 4) is 6.07 Å². The minimum absolute atomic E-state index is 0.559. The van der Waals surface area contributed by atoms with Gasteiger partial charge >= 0.3 is 0 Å². The molecular weight excluding hydrogens is 270 g/mol. The van der Waals surface area contributed by atoms with Gasteiger partial charge in [0.2, 0.25) is 0 Å². The normalized spacial score (nSPS) is 10.2. The lowest BCUT2D eigenvalue weighted by atomic mass is 10.2. The minimum atomic E-state index is 0.559. The van der Waals surface area contributed by atoms with Gasteiger partial charge < -0.3 is 0 Å². The van der Waals surface area contributed by atoms with Crippen LogP contribution in [0.5, 0.6) is 0 Å². The van der Waals surface area contributed by atoms with Crippen molar-refractivity contribution in [1.82, 2.24) is 0 Å². The molecule has 0 N–H and O–H groups in total. The van der Waals surface area contributed by atoms with Crippen LogP contribution in [0, 0.1) is 11.3 Å². The van der Waals surface area contributed by atoms with Gasteiger partial charge in [0.1, 0.15) is 10.9 Å². The summed E-state index contributed by atoms with van der Waals surface area (Å²) in [4.78, 5) is 0.578. The van der Waals surface area contributed by atoms with Crippen molar-refractivity contribution in [1.29, 1.82) is 5.26 Å². The Hall–Kier alpha value is -0.560. The maximum absolute atomic E-state index is 8.75. The average Bonchev–Trinajstić information content (AvgIpc) is 2.44. The molecule has 1 heterocycles. The predicted molar refractivity (Wildman–Crippen MR) is 59.3 cm³/mol. The molecule has 1 aromatic heterocycles. The summed E-state index contributed by atoms with van der Waals surface area (Å²) in [6, 6.07) is 7.90. The fourth-order valence-electron chi connectivity index (χ4n) is 1.11. The molecule has 2 aromatic rings. The van der Waals surface area contributed by atoms with Gasteiger partial charge in [0, 0.05) is 14.6 Å². The van der Waals surface area contributed by atoms with Crippen LogP contribution in [-0.2, 0) is 0 Å². The summed E-state index contributed by atoms with van der Waals surface area (Å²) in [6.45, 7) is 0. The van der Waals surface area contributed by atoms with Crippen LogP contribution in [-0.4, -0.2) is 0 Å². The predicted octanol–water partition coefficient (Wildman–Crippen LogP) is 4.19. The Bertz CT molecular complexity index is 512. The third-order valence-electron chi connectivity index (χ3n) is 1.69. The summed E-state index contributed by atoms with van der Waals surface area (Å²) in [7, 11) is 0. The topological polar surface area (TPSA) is 23.8 Å². The largest absolute Gasteiger partial charge is 0.191 e. The van der Waals surface area contributed by atoms with Gasteiger partial charge in [0.05, 0.1) is 5.02 Å². The summed E-state index contributed by atoms with van der Waals surface area (Å²) in [6.07, 6.45) is 0. The highest BCUT2D eigenvalue weighted by molar-refractivity contribution is 9.10. The number of nitrogens with zero attached hydrogens (tertiary/aromatic N) is 1. The molecule has 1 nitrogen and oxygen atoms in total. The highest BCUT2D eigenvalue weighted by Crippen LogP contribution is 2.36. The molecule has 2 rings (SSSR count). The fraction of sp³-hybridized carbons (Fsp3) is 0.